The lowest BCUT2D eigenvalue weighted by Gasteiger charge is -2.35. The number of imide groups is 1. The maximum atomic E-state index is 13.4. The number of anilines is 1. The van der Waals surface area contributed by atoms with E-state index in [0.29, 0.717) is 24.4 Å². The highest BCUT2D eigenvalue weighted by Gasteiger charge is 2.40. The molecule has 0 radical (unpaired) electrons. The van der Waals surface area contributed by atoms with Gasteiger partial charge in [-0.15, -0.1) is 0 Å². The summed E-state index contributed by atoms with van der Waals surface area (Å²) >= 11 is 0. The molecule has 18 heteroatoms. The zero-order valence-corrected chi connectivity index (χ0v) is 39.0. The normalized spacial score (nSPS) is 19.5. The molecular formula is C52H66N5O13+. The third-order valence-electron chi connectivity index (χ3n) is 12.3. The van der Waals surface area contributed by atoms with Crippen LogP contribution in [0.5, 0.6) is 5.75 Å². The molecule has 3 aliphatic heterocycles. The number of unbranched alkanes of at least 4 members (excludes halogenated alkanes) is 2. The number of nitrogens with one attached hydrogen (secondary N) is 1. The number of carbonyl (C=O) groups excluding carboxylic acids is 8. The summed E-state index contributed by atoms with van der Waals surface area (Å²) in [6.45, 7) is 5.10. The molecule has 3 aliphatic rings. The second-order valence-electron chi connectivity index (χ2n) is 17.6. The Labute approximate surface area is 408 Å². The standard InChI is InChI=1S/C50H61N5O11.CO2.CH4/c1-32-9-6-12-37(25-32)49(64)54-23-20-34(21-24-54)10-4-3-5-13-38(56)17-16-35-11-8-22-53(29-35)30-36-26-33(2)48(66-50-47(63)46(62)42(58)31-65-50)39(27-36)52-43(59)15-7-14-41(57)40(28-51)55-44(60)18-19-45(55)61;2-1-3;/h6,8-9,11-12,16-19,22,25-27,29,34,40,42,46-47,50,58,62-63H,3-5,7,10,13-15,20-21,23-24,28,30-31,51H2,1-2H3;;1H4/p+1/b17-16+;;/t40?,42?,46-,47-,50?;;/m0../s1. The van der Waals surface area contributed by atoms with Crippen molar-refractivity contribution >= 4 is 53.1 Å². The zero-order chi connectivity index (χ0) is 50.0. The molecule has 18 nitrogen and oxygen atoms in total. The molecule has 4 heterocycles. The number of nitrogens with zero attached hydrogens (tertiary/aromatic N) is 3. The second-order valence-corrected chi connectivity index (χ2v) is 17.6. The third kappa shape index (κ3) is 16.0. The topological polar surface area (TPSA) is 264 Å². The van der Waals surface area contributed by atoms with Crippen LogP contribution in [-0.2, 0) is 44.8 Å². The van der Waals surface area contributed by atoms with Gasteiger partial charge in [0.1, 0.15) is 30.1 Å². The summed E-state index contributed by atoms with van der Waals surface area (Å²) in [4.78, 5) is 95.4. The Morgan fingerprint density at radius 2 is 1.64 bits per heavy atom. The van der Waals surface area contributed by atoms with Crippen molar-refractivity contribution in [3.8, 4) is 5.75 Å². The number of aliphatic hydroxyl groups is 3. The molecule has 4 amide bonds. The Kier molecular flexibility index (Phi) is 22.1. The number of piperidine rings is 1. The fraction of sp³-hybridized carbons (Fsp3) is 0.462. The first-order chi connectivity index (χ1) is 33.1. The summed E-state index contributed by atoms with van der Waals surface area (Å²) in [6, 6.07) is 13.9. The van der Waals surface area contributed by atoms with Crippen molar-refractivity contribution < 1.29 is 67.7 Å². The number of pyridine rings is 1. The van der Waals surface area contributed by atoms with Crippen molar-refractivity contribution in [3.63, 3.8) is 0 Å². The van der Waals surface area contributed by atoms with Gasteiger partial charge in [0, 0.05) is 73.8 Å². The average molecular weight is 969 g/mol. The summed E-state index contributed by atoms with van der Waals surface area (Å²) in [7, 11) is 0. The van der Waals surface area contributed by atoms with Crippen LogP contribution in [0.15, 0.2) is 79.2 Å². The van der Waals surface area contributed by atoms with Gasteiger partial charge in [-0.05, 0) is 93.5 Å². The first kappa shape index (κ1) is 56.1. The largest absolute Gasteiger partial charge is 0.460 e. The zero-order valence-electron chi connectivity index (χ0n) is 39.0. The molecule has 0 saturated carbocycles. The molecule has 2 fully saturated rings. The number of allylic oxidation sites excluding steroid dienone is 1. The Morgan fingerprint density at radius 1 is 0.929 bits per heavy atom. The number of aromatic nitrogens is 1. The molecule has 2 aromatic carbocycles. The number of hydrogen-bond acceptors (Lipinski definition) is 14. The van der Waals surface area contributed by atoms with Crippen LogP contribution in [0.4, 0.5) is 5.69 Å². The highest BCUT2D eigenvalue weighted by molar-refractivity contribution is 6.15. The SMILES string of the molecule is C.Cc1cccc(C(=O)N2CCC(CCCCCC(=O)/C=C/c3ccc[n+](Cc4cc(C)c(OC5OCC(O)[C@H](O)[C@@H]5O)c(NC(=O)CCCC(=O)C(CN)N5C(=O)C=CC5=O)c4)c3)CC2)c1.O=C=O. The van der Waals surface area contributed by atoms with Gasteiger partial charge in [0.15, 0.2) is 30.5 Å². The molecule has 0 aliphatic carbocycles. The number of rotatable bonds is 21. The monoisotopic (exact) mass is 968 g/mol. The second kappa shape index (κ2) is 27.6. The number of likely N-dealkylation sites (tertiary alicyclic amines) is 1. The molecule has 6 N–H and O–H groups in total. The minimum atomic E-state index is -1.59. The highest BCUT2D eigenvalue weighted by atomic mass is 16.7. The molecule has 0 bridgehead atoms. The van der Waals surface area contributed by atoms with Crippen LogP contribution < -0.4 is 20.4 Å². The molecular weight excluding hydrogens is 903 g/mol. The van der Waals surface area contributed by atoms with Crippen LogP contribution in [0, 0.1) is 19.8 Å². The van der Waals surface area contributed by atoms with Gasteiger partial charge in [0.2, 0.25) is 12.2 Å². The van der Waals surface area contributed by atoms with E-state index in [1.165, 1.54) is 0 Å². The minimum Gasteiger partial charge on any atom is -0.460 e. The van der Waals surface area contributed by atoms with Gasteiger partial charge in [0.05, 0.1) is 12.3 Å². The lowest BCUT2D eigenvalue weighted by Crippen LogP contribution is -2.54. The van der Waals surface area contributed by atoms with Crippen LogP contribution >= 0.6 is 0 Å². The number of benzene rings is 2. The third-order valence-corrected chi connectivity index (χ3v) is 12.3. The number of aliphatic hydroxyl groups excluding tert-OH is 3. The number of Topliss-reactive ketones (excluding diaryl/α,β-unsaturated/α-hetero) is 1. The molecule has 6 rings (SSSR count). The summed E-state index contributed by atoms with van der Waals surface area (Å²) in [5.74, 6) is -1.27. The summed E-state index contributed by atoms with van der Waals surface area (Å²) in [5.41, 5.74) is 9.94. The van der Waals surface area contributed by atoms with Gasteiger partial charge in [0.25, 0.3) is 17.7 Å². The maximum absolute atomic E-state index is 13.4. The fourth-order valence-corrected chi connectivity index (χ4v) is 8.61. The van der Waals surface area contributed by atoms with E-state index in [0.717, 1.165) is 90.9 Å². The van der Waals surface area contributed by atoms with Gasteiger partial charge < -0.3 is 40.7 Å². The van der Waals surface area contributed by atoms with Crippen molar-refractivity contribution in [1.29, 1.82) is 0 Å². The summed E-state index contributed by atoms with van der Waals surface area (Å²) < 4.78 is 13.4. The van der Waals surface area contributed by atoms with Crippen molar-refractivity contribution in [2.24, 2.45) is 11.7 Å². The van der Waals surface area contributed by atoms with Crippen molar-refractivity contribution in [1.82, 2.24) is 9.80 Å². The van der Waals surface area contributed by atoms with E-state index in [1.807, 2.05) is 71.2 Å². The molecule has 3 unspecified atom stereocenters. The van der Waals surface area contributed by atoms with Crippen molar-refractivity contribution in [2.45, 2.75) is 123 Å². The lowest BCUT2D eigenvalue weighted by molar-refractivity contribution is -0.688. The highest BCUT2D eigenvalue weighted by Crippen LogP contribution is 2.34. The number of nitrogens with two attached hydrogens (primary N) is 1. The summed E-state index contributed by atoms with van der Waals surface area (Å²) in [6.07, 6.45) is 10.0. The predicted molar refractivity (Wildman–Crippen MR) is 255 cm³/mol. The van der Waals surface area contributed by atoms with Gasteiger partial charge in [-0.25, -0.2) is 4.57 Å². The first-order valence-electron chi connectivity index (χ1n) is 23.2. The van der Waals surface area contributed by atoms with E-state index < -0.39 is 54.1 Å². The number of carbonyl (C=O) groups is 6. The van der Waals surface area contributed by atoms with Gasteiger partial charge in [-0.1, -0.05) is 44.4 Å². The lowest BCUT2D eigenvalue weighted by atomic mass is 9.90. The van der Waals surface area contributed by atoms with E-state index in [-0.39, 0.29) is 69.1 Å². The van der Waals surface area contributed by atoms with Crippen molar-refractivity contribution in [3.05, 3.63) is 107 Å². The van der Waals surface area contributed by atoms with Crippen LogP contribution in [0.2, 0.25) is 0 Å². The van der Waals surface area contributed by atoms with E-state index >= 15 is 0 Å². The molecule has 5 atom stereocenters. The minimum absolute atomic E-state index is 0. The van der Waals surface area contributed by atoms with E-state index in [2.05, 4.69) is 5.32 Å². The van der Waals surface area contributed by atoms with Crippen LogP contribution in [0.1, 0.15) is 104 Å². The smallest absolute Gasteiger partial charge is 0.373 e. The average Bonchev–Trinajstić information content (AvgIpc) is 3.66. The fourth-order valence-electron chi connectivity index (χ4n) is 8.61. The van der Waals surface area contributed by atoms with Gasteiger partial charge in [-0.3, -0.25) is 33.7 Å². The molecule has 3 aromatic rings. The van der Waals surface area contributed by atoms with Gasteiger partial charge >= 0.3 is 6.15 Å². The molecule has 2 saturated heterocycles. The number of aryl methyl sites for hydroxylation is 2. The van der Waals surface area contributed by atoms with E-state index in [4.69, 9.17) is 24.8 Å². The maximum Gasteiger partial charge on any atom is 0.373 e. The van der Waals surface area contributed by atoms with E-state index in [9.17, 15) is 44.1 Å². The Balaban J connectivity index is 0.00000260. The van der Waals surface area contributed by atoms with Crippen LogP contribution in [-0.4, -0.2) is 123 Å². The quantitative estimate of drug-likeness (QED) is 0.0443. The summed E-state index contributed by atoms with van der Waals surface area (Å²) in [5, 5.41) is 33.7. The van der Waals surface area contributed by atoms with E-state index in [1.54, 1.807) is 25.1 Å². The Morgan fingerprint density at radius 3 is 2.33 bits per heavy atom. The van der Waals surface area contributed by atoms with Gasteiger partial charge in [-0.2, -0.15) is 9.59 Å². The first-order valence-corrected chi connectivity index (χ1v) is 23.2. The van der Waals surface area contributed by atoms with Crippen LogP contribution in [0.25, 0.3) is 6.08 Å². The molecule has 1 aromatic heterocycles. The van der Waals surface area contributed by atoms with Crippen molar-refractivity contribution in [2.75, 3.05) is 31.6 Å². The Bertz CT molecular complexity index is 2390. The Hall–Kier alpha value is -6.53. The predicted octanol–water partition coefficient (Wildman–Crippen LogP) is 3.53. The number of hydrogen-bond donors (Lipinski definition) is 5. The molecule has 376 valence electrons. The van der Waals surface area contributed by atoms with Crippen LogP contribution in [0.3, 0.4) is 0 Å². The molecule has 70 heavy (non-hydrogen) atoms. The number of ether oxygens (including phenoxy) is 2. The number of amides is 4. The number of ketones is 2. The molecule has 0 spiro atoms.